The van der Waals surface area contributed by atoms with Crippen molar-refractivity contribution >= 4 is 57.1 Å². The van der Waals surface area contributed by atoms with Gasteiger partial charge in [0.25, 0.3) is 0 Å². The highest BCUT2D eigenvalue weighted by molar-refractivity contribution is 7.80. The van der Waals surface area contributed by atoms with E-state index in [9.17, 15) is 5.11 Å². The normalized spacial score (nSPS) is 21.2. The Morgan fingerprint density at radius 2 is 1.77 bits per heavy atom. The van der Waals surface area contributed by atoms with E-state index in [1.54, 1.807) is 0 Å². The first-order chi connectivity index (χ1) is 18.9. The van der Waals surface area contributed by atoms with E-state index in [2.05, 4.69) is 51.7 Å². The zero-order valence-corrected chi connectivity index (χ0v) is 23.8. The lowest BCUT2D eigenvalue weighted by Crippen LogP contribution is -2.42. The van der Waals surface area contributed by atoms with Gasteiger partial charge in [-0.05, 0) is 90.5 Å². The molecule has 3 unspecified atom stereocenters. The summed E-state index contributed by atoms with van der Waals surface area (Å²) in [4.78, 5) is 0. The van der Waals surface area contributed by atoms with Gasteiger partial charge in [-0.1, -0.05) is 53.5 Å². The summed E-state index contributed by atoms with van der Waals surface area (Å²) in [5.41, 5.74) is 5.71. The molecule has 3 atom stereocenters. The van der Waals surface area contributed by atoms with E-state index in [0.717, 1.165) is 39.5 Å². The quantitative estimate of drug-likeness (QED) is 0.199. The first kappa shape index (κ1) is 26.6. The van der Waals surface area contributed by atoms with Crippen molar-refractivity contribution in [3.8, 4) is 0 Å². The molecule has 0 radical (unpaired) electrons. The van der Waals surface area contributed by atoms with Crippen LogP contribution in [0, 0.1) is 0 Å². The number of halogens is 2. The molecule has 6 rings (SSSR count). The average molecular weight is 581 g/mol. The van der Waals surface area contributed by atoms with Gasteiger partial charge in [-0.15, -0.1) is 0 Å². The van der Waals surface area contributed by atoms with Gasteiger partial charge in [0.15, 0.2) is 5.11 Å². The molecule has 1 aliphatic carbocycles. The molecule has 2 aliphatic rings. The predicted molar refractivity (Wildman–Crippen MR) is 163 cm³/mol. The number of hydrogen-bond donors (Lipinski definition) is 3. The minimum atomic E-state index is -0.483. The third kappa shape index (κ3) is 6.26. The Morgan fingerprint density at radius 3 is 2.51 bits per heavy atom. The highest BCUT2D eigenvalue weighted by Gasteiger charge is 2.31. The Morgan fingerprint density at radius 1 is 1.00 bits per heavy atom. The van der Waals surface area contributed by atoms with E-state index < -0.39 is 6.10 Å². The molecule has 2 heterocycles. The smallest absolute Gasteiger partial charge is 0.170 e. The Balaban J connectivity index is 1.17. The second kappa shape index (κ2) is 11.5. The van der Waals surface area contributed by atoms with Gasteiger partial charge in [0.05, 0.1) is 22.7 Å². The number of nitrogens with one attached hydrogen (secondary N) is 2. The van der Waals surface area contributed by atoms with Gasteiger partial charge < -0.3 is 25.0 Å². The summed E-state index contributed by atoms with van der Waals surface area (Å²) in [5, 5.41) is 20.1. The van der Waals surface area contributed by atoms with Crippen LogP contribution in [0.5, 0.6) is 0 Å². The highest BCUT2D eigenvalue weighted by atomic mass is 35.5. The zero-order valence-electron chi connectivity index (χ0n) is 21.4. The SMILES string of the molecule is OC1CC(CNC(=S)Nc2ccc(Cl)cc2)OC(n2cc(Cc3ccc(C4CC4)cc3)c3c(Cl)cccc32)C1. The predicted octanol–water partition coefficient (Wildman–Crippen LogP) is 7.44. The Bertz CT molecular complexity index is 1470. The van der Waals surface area contributed by atoms with E-state index in [0.29, 0.717) is 29.5 Å². The van der Waals surface area contributed by atoms with Crippen LogP contribution in [-0.4, -0.2) is 33.5 Å². The molecule has 3 aromatic carbocycles. The Hall–Kier alpha value is -2.61. The molecule has 5 nitrogen and oxygen atoms in total. The van der Waals surface area contributed by atoms with Crippen LogP contribution < -0.4 is 10.6 Å². The van der Waals surface area contributed by atoms with Gasteiger partial charge in [0, 0.05) is 41.7 Å². The third-order valence-electron chi connectivity index (χ3n) is 7.57. The molecule has 1 saturated carbocycles. The molecule has 8 heteroatoms. The minimum Gasteiger partial charge on any atom is -0.393 e. The standard InChI is InChI=1S/C31H31Cl2N3O2S/c32-23-10-12-24(13-11-23)35-31(39)34-17-26-15-25(37)16-29(38-26)36-18-22(30-27(33)2-1-3-28(30)36)14-19-4-6-20(7-5-19)21-8-9-21/h1-7,10-13,18,21,25-26,29,37H,8-9,14-17H2,(H2,34,35,39). The number of rotatable bonds is 7. The summed E-state index contributed by atoms with van der Waals surface area (Å²) in [5.74, 6) is 0.746. The molecule has 39 heavy (non-hydrogen) atoms. The Kier molecular flexibility index (Phi) is 7.83. The number of hydrogen-bond acceptors (Lipinski definition) is 3. The fourth-order valence-corrected chi connectivity index (χ4v) is 6.07. The van der Waals surface area contributed by atoms with Crippen LogP contribution in [-0.2, 0) is 11.2 Å². The molecule has 0 spiro atoms. The van der Waals surface area contributed by atoms with Crippen molar-refractivity contribution in [1.82, 2.24) is 9.88 Å². The summed E-state index contributed by atoms with van der Waals surface area (Å²) in [7, 11) is 0. The molecule has 1 aliphatic heterocycles. The second-order valence-electron chi connectivity index (χ2n) is 10.6. The number of ether oxygens (including phenoxy) is 1. The summed E-state index contributed by atoms with van der Waals surface area (Å²) in [6.45, 7) is 0.479. The van der Waals surface area contributed by atoms with Gasteiger partial charge >= 0.3 is 0 Å². The van der Waals surface area contributed by atoms with Crippen LogP contribution in [0.1, 0.15) is 54.5 Å². The average Bonchev–Trinajstić information content (AvgIpc) is 3.71. The largest absolute Gasteiger partial charge is 0.393 e. The number of aliphatic hydroxyl groups is 1. The van der Waals surface area contributed by atoms with Crippen LogP contribution in [0.15, 0.2) is 72.9 Å². The summed E-state index contributed by atoms with van der Waals surface area (Å²) in [6, 6.07) is 22.3. The molecular formula is C31H31Cl2N3O2S. The maximum Gasteiger partial charge on any atom is 0.170 e. The van der Waals surface area contributed by atoms with Gasteiger partial charge in [-0.3, -0.25) is 0 Å². The number of thiocarbonyl (C=S) groups is 1. The van der Waals surface area contributed by atoms with Gasteiger partial charge in [0.1, 0.15) is 6.23 Å². The van der Waals surface area contributed by atoms with E-state index >= 15 is 0 Å². The molecule has 3 N–H and O–H groups in total. The van der Waals surface area contributed by atoms with Crippen LogP contribution in [0.4, 0.5) is 5.69 Å². The van der Waals surface area contributed by atoms with E-state index in [4.69, 9.17) is 40.2 Å². The number of nitrogens with zero attached hydrogens (tertiary/aromatic N) is 1. The summed E-state index contributed by atoms with van der Waals surface area (Å²) in [6.07, 6.45) is 5.57. The fourth-order valence-electron chi connectivity index (χ4n) is 5.46. The van der Waals surface area contributed by atoms with Crippen molar-refractivity contribution in [2.75, 3.05) is 11.9 Å². The number of benzene rings is 3. The minimum absolute atomic E-state index is 0.209. The van der Waals surface area contributed by atoms with Gasteiger partial charge in [-0.2, -0.15) is 0 Å². The lowest BCUT2D eigenvalue weighted by molar-refractivity contribution is -0.124. The molecular weight excluding hydrogens is 549 g/mol. The monoisotopic (exact) mass is 579 g/mol. The molecule has 202 valence electrons. The maximum absolute atomic E-state index is 10.8. The number of aromatic nitrogens is 1. The van der Waals surface area contributed by atoms with Gasteiger partial charge in [0.2, 0.25) is 0 Å². The Labute approximate surface area is 244 Å². The number of aliphatic hydroxyl groups excluding tert-OH is 1. The topological polar surface area (TPSA) is 58.4 Å². The molecule has 1 saturated heterocycles. The highest BCUT2D eigenvalue weighted by Crippen LogP contribution is 2.40. The zero-order chi connectivity index (χ0) is 26.9. The summed E-state index contributed by atoms with van der Waals surface area (Å²) >= 11 is 18.2. The second-order valence-corrected chi connectivity index (χ2v) is 11.8. The van der Waals surface area contributed by atoms with Crippen LogP contribution in [0.3, 0.4) is 0 Å². The van der Waals surface area contributed by atoms with E-state index in [1.807, 2.05) is 36.4 Å². The van der Waals surface area contributed by atoms with Crippen LogP contribution >= 0.6 is 35.4 Å². The van der Waals surface area contributed by atoms with Crippen molar-refractivity contribution in [1.29, 1.82) is 0 Å². The maximum atomic E-state index is 10.8. The molecule has 4 aromatic rings. The van der Waals surface area contributed by atoms with Crippen molar-refractivity contribution in [2.24, 2.45) is 0 Å². The fraction of sp³-hybridized carbons (Fsp3) is 0.323. The number of fused-ring (bicyclic) bond motifs is 1. The lowest BCUT2D eigenvalue weighted by Gasteiger charge is -2.34. The number of anilines is 1. The first-order valence-electron chi connectivity index (χ1n) is 13.4. The van der Waals surface area contributed by atoms with E-state index in [1.165, 1.54) is 24.0 Å². The van der Waals surface area contributed by atoms with E-state index in [-0.39, 0.29) is 12.3 Å². The van der Waals surface area contributed by atoms with Crippen molar-refractivity contribution in [3.63, 3.8) is 0 Å². The lowest BCUT2D eigenvalue weighted by atomic mass is 10.0. The van der Waals surface area contributed by atoms with Crippen LogP contribution in [0.25, 0.3) is 10.9 Å². The first-order valence-corrected chi connectivity index (χ1v) is 14.6. The third-order valence-corrected chi connectivity index (χ3v) is 8.38. The molecule has 2 fully saturated rings. The molecule has 1 aromatic heterocycles. The molecule has 0 bridgehead atoms. The van der Waals surface area contributed by atoms with Crippen molar-refractivity contribution < 1.29 is 9.84 Å². The van der Waals surface area contributed by atoms with Gasteiger partial charge in [-0.25, -0.2) is 0 Å². The van der Waals surface area contributed by atoms with Crippen molar-refractivity contribution in [2.45, 2.75) is 56.5 Å². The van der Waals surface area contributed by atoms with Crippen molar-refractivity contribution in [3.05, 3.63) is 99.7 Å². The summed E-state index contributed by atoms with van der Waals surface area (Å²) < 4.78 is 8.65. The van der Waals surface area contributed by atoms with Crippen LogP contribution in [0.2, 0.25) is 10.0 Å². The molecule has 0 amide bonds.